The number of phenolic OH excluding ortho intramolecular Hbond substituents is 2. The number of pyridine rings is 1. The minimum atomic E-state index is -0.789. The molecule has 8 nitrogen and oxygen atoms in total. The van der Waals surface area contributed by atoms with Gasteiger partial charge in [-0.25, -0.2) is 4.79 Å². The van der Waals surface area contributed by atoms with E-state index in [0.29, 0.717) is 0 Å². The highest BCUT2D eigenvalue weighted by atomic mass is 16.5. The Hall–Kier alpha value is -3.03. The number of nitrogens with one attached hydrogen (secondary N) is 1. The van der Waals surface area contributed by atoms with Gasteiger partial charge < -0.3 is 24.7 Å². The fourth-order valence-corrected chi connectivity index (χ4v) is 2.40. The van der Waals surface area contributed by atoms with Crippen molar-refractivity contribution in [3.8, 4) is 11.5 Å². The first-order chi connectivity index (χ1) is 11.4. The number of benzene rings is 1. The molecule has 0 atom stereocenters. The molecule has 128 valence electrons. The summed E-state index contributed by atoms with van der Waals surface area (Å²) < 4.78 is 9.79. The fourth-order valence-electron chi connectivity index (χ4n) is 2.40. The molecule has 2 rings (SSSR count). The molecule has 1 heterocycles. The molecule has 0 aliphatic carbocycles. The van der Waals surface area contributed by atoms with Crippen LogP contribution in [0.25, 0.3) is 10.8 Å². The van der Waals surface area contributed by atoms with Crippen LogP contribution < -0.4 is 5.56 Å². The van der Waals surface area contributed by atoms with Crippen molar-refractivity contribution in [2.75, 3.05) is 13.2 Å². The van der Waals surface area contributed by atoms with Gasteiger partial charge in [0.15, 0.2) is 0 Å². The van der Waals surface area contributed by atoms with E-state index in [0.717, 1.165) is 12.1 Å². The minimum Gasteiger partial charge on any atom is -0.508 e. The molecule has 24 heavy (non-hydrogen) atoms. The molecule has 8 heteroatoms. The van der Waals surface area contributed by atoms with Crippen LogP contribution in [0.15, 0.2) is 16.9 Å². The average Bonchev–Trinajstić information content (AvgIpc) is 2.46. The molecular formula is C16H17NO7. The van der Waals surface area contributed by atoms with Crippen LogP contribution in [0.4, 0.5) is 0 Å². The molecule has 1 aromatic carbocycles. The van der Waals surface area contributed by atoms with Crippen molar-refractivity contribution < 1.29 is 29.3 Å². The molecule has 0 unspecified atom stereocenters. The lowest BCUT2D eigenvalue weighted by Gasteiger charge is -2.12. The number of aromatic amines is 1. The predicted octanol–water partition coefficient (Wildman–Crippen LogP) is 1.22. The second-order valence-electron chi connectivity index (χ2n) is 4.90. The first-order valence-electron chi connectivity index (χ1n) is 7.32. The molecule has 0 radical (unpaired) electrons. The smallest absolute Gasteiger partial charge is 0.340 e. The van der Waals surface area contributed by atoms with Crippen LogP contribution in [0.2, 0.25) is 0 Å². The van der Waals surface area contributed by atoms with E-state index >= 15 is 0 Å². The van der Waals surface area contributed by atoms with Gasteiger partial charge in [0.1, 0.15) is 11.5 Å². The number of ether oxygens (including phenoxy) is 2. The molecule has 0 amide bonds. The minimum absolute atomic E-state index is 0.00519. The van der Waals surface area contributed by atoms with Gasteiger partial charge in [0, 0.05) is 17.1 Å². The Morgan fingerprint density at radius 3 is 2.42 bits per heavy atom. The first kappa shape index (κ1) is 17.3. The Bertz CT molecular complexity index is 854. The number of phenols is 2. The summed E-state index contributed by atoms with van der Waals surface area (Å²) in [4.78, 5) is 38.6. The molecule has 0 fully saturated rings. The zero-order chi connectivity index (χ0) is 17.9. The number of hydrogen-bond acceptors (Lipinski definition) is 7. The van der Waals surface area contributed by atoms with E-state index in [4.69, 9.17) is 9.47 Å². The average molecular weight is 335 g/mol. The van der Waals surface area contributed by atoms with Crippen LogP contribution in [0.3, 0.4) is 0 Å². The summed E-state index contributed by atoms with van der Waals surface area (Å²) >= 11 is 0. The van der Waals surface area contributed by atoms with Crippen molar-refractivity contribution in [3.05, 3.63) is 33.7 Å². The highest BCUT2D eigenvalue weighted by Crippen LogP contribution is 2.31. The summed E-state index contributed by atoms with van der Waals surface area (Å²) in [5.74, 6) is -2.25. The normalized spacial score (nSPS) is 10.6. The summed E-state index contributed by atoms with van der Waals surface area (Å²) in [6, 6.07) is 2.14. The number of esters is 2. The largest absolute Gasteiger partial charge is 0.508 e. The van der Waals surface area contributed by atoms with Gasteiger partial charge in [-0.15, -0.1) is 0 Å². The number of H-pyrrole nitrogens is 1. The lowest BCUT2D eigenvalue weighted by Crippen LogP contribution is -2.21. The Morgan fingerprint density at radius 2 is 1.79 bits per heavy atom. The number of aromatic hydroxyl groups is 2. The molecule has 0 aliphatic rings. The van der Waals surface area contributed by atoms with Crippen molar-refractivity contribution in [3.63, 3.8) is 0 Å². The lowest BCUT2D eigenvalue weighted by molar-refractivity contribution is -0.142. The summed E-state index contributed by atoms with van der Waals surface area (Å²) in [7, 11) is 0. The third-order valence-electron chi connectivity index (χ3n) is 3.27. The van der Waals surface area contributed by atoms with Crippen molar-refractivity contribution in [1.82, 2.24) is 4.98 Å². The molecule has 3 N–H and O–H groups in total. The van der Waals surface area contributed by atoms with Gasteiger partial charge in [-0.05, 0) is 19.9 Å². The maximum absolute atomic E-state index is 12.3. The van der Waals surface area contributed by atoms with E-state index in [1.807, 2.05) is 0 Å². The maximum atomic E-state index is 12.3. The van der Waals surface area contributed by atoms with E-state index in [1.54, 1.807) is 13.8 Å². The Labute approximate surface area is 136 Å². The van der Waals surface area contributed by atoms with Crippen LogP contribution in [0.1, 0.15) is 29.9 Å². The monoisotopic (exact) mass is 335 g/mol. The first-order valence-corrected chi connectivity index (χ1v) is 7.32. The molecule has 0 bridgehead atoms. The molecule has 0 spiro atoms. The van der Waals surface area contributed by atoms with E-state index in [9.17, 15) is 24.6 Å². The Morgan fingerprint density at radius 1 is 1.12 bits per heavy atom. The number of carbonyl (C=O) groups excluding carboxylic acids is 2. The topological polar surface area (TPSA) is 126 Å². The standard InChI is InChI=1S/C16H17NO7/c1-3-23-12(20)7-10-13(16(22)24-4-2)9-5-8(18)6-11(19)14(9)15(21)17-10/h5-6,18-19H,3-4,7H2,1-2H3,(H,17,21). The fraction of sp³-hybridized carbons (Fsp3) is 0.312. The summed E-state index contributed by atoms with van der Waals surface area (Å²) in [5.41, 5.74) is -0.810. The van der Waals surface area contributed by atoms with Crippen molar-refractivity contribution >= 4 is 22.7 Å². The SMILES string of the molecule is CCOC(=O)Cc1[nH]c(=O)c2c(O)cc(O)cc2c1C(=O)OCC. The molecule has 0 saturated carbocycles. The van der Waals surface area contributed by atoms with Gasteiger partial charge in [-0.1, -0.05) is 0 Å². The number of rotatable bonds is 5. The van der Waals surface area contributed by atoms with Gasteiger partial charge in [-0.2, -0.15) is 0 Å². The summed E-state index contributed by atoms with van der Waals surface area (Å²) in [6.07, 6.45) is -0.358. The maximum Gasteiger partial charge on any atom is 0.340 e. The van der Waals surface area contributed by atoms with Crippen LogP contribution in [0.5, 0.6) is 11.5 Å². The van der Waals surface area contributed by atoms with E-state index in [1.165, 1.54) is 0 Å². The zero-order valence-electron chi connectivity index (χ0n) is 13.2. The summed E-state index contributed by atoms with van der Waals surface area (Å²) in [6.45, 7) is 3.45. The van der Waals surface area contributed by atoms with Crippen LogP contribution in [-0.4, -0.2) is 40.3 Å². The Kier molecular flexibility index (Phi) is 5.08. The lowest BCUT2D eigenvalue weighted by atomic mass is 10.0. The van der Waals surface area contributed by atoms with Gasteiger partial charge in [0.2, 0.25) is 0 Å². The highest BCUT2D eigenvalue weighted by molar-refractivity contribution is 6.07. The van der Waals surface area contributed by atoms with Crippen LogP contribution >= 0.6 is 0 Å². The number of aromatic nitrogens is 1. The third-order valence-corrected chi connectivity index (χ3v) is 3.27. The van der Waals surface area contributed by atoms with Crippen LogP contribution in [0, 0.1) is 0 Å². The zero-order valence-corrected chi connectivity index (χ0v) is 13.2. The van der Waals surface area contributed by atoms with Crippen molar-refractivity contribution in [2.24, 2.45) is 0 Å². The van der Waals surface area contributed by atoms with E-state index < -0.39 is 23.2 Å². The molecular weight excluding hydrogens is 318 g/mol. The molecule has 0 saturated heterocycles. The van der Waals surface area contributed by atoms with Gasteiger partial charge >= 0.3 is 11.9 Å². The Balaban J connectivity index is 2.77. The second-order valence-corrected chi connectivity index (χ2v) is 4.90. The second kappa shape index (κ2) is 7.03. The van der Waals surface area contributed by atoms with Gasteiger partial charge in [0.25, 0.3) is 5.56 Å². The third kappa shape index (κ3) is 3.32. The number of fused-ring (bicyclic) bond motifs is 1. The predicted molar refractivity (Wildman–Crippen MR) is 84.2 cm³/mol. The molecule has 1 aromatic heterocycles. The van der Waals surface area contributed by atoms with Gasteiger partial charge in [-0.3, -0.25) is 9.59 Å². The number of carbonyl (C=O) groups is 2. The molecule has 0 aliphatic heterocycles. The van der Waals surface area contributed by atoms with E-state index in [-0.39, 0.29) is 47.4 Å². The summed E-state index contributed by atoms with van der Waals surface area (Å²) in [5, 5.41) is 19.4. The van der Waals surface area contributed by atoms with Crippen LogP contribution in [-0.2, 0) is 20.7 Å². The van der Waals surface area contributed by atoms with Crippen molar-refractivity contribution in [2.45, 2.75) is 20.3 Å². The molecule has 2 aromatic rings. The van der Waals surface area contributed by atoms with E-state index in [2.05, 4.69) is 4.98 Å². The van der Waals surface area contributed by atoms with Gasteiger partial charge in [0.05, 0.1) is 30.6 Å². The quantitative estimate of drug-likeness (QED) is 0.701. The highest BCUT2D eigenvalue weighted by Gasteiger charge is 2.23. The number of hydrogen-bond donors (Lipinski definition) is 3. The van der Waals surface area contributed by atoms with Crippen molar-refractivity contribution in [1.29, 1.82) is 0 Å².